The maximum atomic E-state index is 15.0. The van der Waals surface area contributed by atoms with Crippen molar-refractivity contribution in [3.8, 4) is 22.5 Å². The molecule has 0 radical (unpaired) electrons. The Morgan fingerprint density at radius 3 is 2.51 bits per heavy atom. The number of nitrogen functional groups attached to an aromatic ring is 1. The number of benzene rings is 2. The van der Waals surface area contributed by atoms with E-state index in [4.69, 9.17) is 10.2 Å². The number of fused-ring (bicyclic) bond motifs is 1. The third-order valence-electron chi connectivity index (χ3n) is 5.35. The summed E-state index contributed by atoms with van der Waals surface area (Å²) in [5, 5.41) is 8.21. The van der Waals surface area contributed by atoms with Crippen LogP contribution in [-0.2, 0) is 6.18 Å². The van der Waals surface area contributed by atoms with Gasteiger partial charge < -0.3 is 20.8 Å². The highest BCUT2D eigenvalue weighted by Crippen LogP contribution is 2.39. The minimum atomic E-state index is -4.75. The number of carbonyl (C=O) groups excluding carboxylic acids is 1. The molecule has 0 saturated carbocycles. The van der Waals surface area contributed by atoms with E-state index < -0.39 is 35.1 Å². The Labute approximate surface area is 203 Å². The Morgan fingerprint density at radius 1 is 1.03 bits per heavy atom. The minimum Gasteiger partial charge on any atom is -0.443 e. The van der Waals surface area contributed by atoms with Gasteiger partial charge in [0.2, 0.25) is 0 Å². The predicted octanol–water partition coefficient (Wildman–Crippen LogP) is 5.57. The first-order valence-electron chi connectivity index (χ1n) is 10.4. The van der Waals surface area contributed by atoms with Crippen LogP contribution in [0.2, 0.25) is 0 Å². The van der Waals surface area contributed by atoms with Crippen molar-refractivity contribution in [2.45, 2.75) is 6.18 Å². The van der Waals surface area contributed by atoms with Gasteiger partial charge in [-0.25, -0.2) is 28.1 Å². The zero-order valence-electron chi connectivity index (χ0n) is 18.3. The number of nitrogens with two attached hydrogens (primary N) is 1. The smallest absolute Gasteiger partial charge is 0.416 e. The number of oxazole rings is 1. The topological polar surface area (TPSA) is 123 Å². The number of anilines is 3. The number of nitrogens with zero attached hydrogens (tertiary/aromatic N) is 4. The molecule has 0 spiro atoms. The average molecular weight is 515 g/mol. The van der Waals surface area contributed by atoms with Gasteiger partial charge in [-0.05, 0) is 35.9 Å². The Bertz CT molecular complexity index is 1630. The fourth-order valence-corrected chi connectivity index (χ4v) is 3.71. The Morgan fingerprint density at radius 2 is 1.81 bits per heavy atom. The molecule has 0 bridgehead atoms. The number of rotatable bonds is 4. The van der Waals surface area contributed by atoms with E-state index in [-0.39, 0.29) is 11.5 Å². The van der Waals surface area contributed by atoms with Crippen LogP contribution < -0.4 is 16.4 Å². The van der Waals surface area contributed by atoms with Crippen LogP contribution in [0.4, 0.5) is 43.9 Å². The van der Waals surface area contributed by atoms with E-state index in [0.717, 1.165) is 6.07 Å². The van der Waals surface area contributed by atoms with Crippen LogP contribution in [-0.4, -0.2) is 25.6 Å². The maximum Gasteiger partial charge on any atom is 0.416 e. The van der Waals surface area contributed by atoms with Gasteiger partial charge in [0.15, 0.2) is 18.0 Å². The first kappa shape index (κ1) is 23.7. The number of amides is 2. The molecule has 0 aliphatic rings. The summed E-state index contributed by atoms with van der Waals surface area (Å²) in [6, 6.07) is 4.17. The molecule has 2 amide bonds. The summed E-state index contributed by atoms with van der Waals surface area (Å²) >= 11 is 0. The molecule has 5 rings (SSSR count). The van der Waals surface area contributed by atoms with Gasteiger partial charge in [0.25, 0.3) is 0 Å². The van der Waals surface area contributed by atoms with Crippen LogP contribution in [0, 0.1) is 11.6 Å². The largest absolute Gasteiger partial charge is 0.443 e. The molecule has 0 aliphatic heterocycles. The number of aromatic nitrogens is 4. The van der Waals surface area contributed by atoms with Gasteiger partial charge in [0.05, 0.1) is 23.1 Å². The van der Waals surface area contributed by atoms with Crippen LogP contribution in [0.25, 0.3) is 28.0 Å². The van der Waals surface area contributed by atoms with Crippen LogP contribution in [0.1, 0.15) is 5.56 Å². The zero-order chi connectivity index (χ0) is 26.3. The standard InChI is InChI=1S/C23H14F5N7O2/c24-14-3-2-12(23(26,27)28)6-17(14)34-22(36)33-16-4-1-11(5-15(16)25)19-13(18-7-30-10-37-18)8-35-20(19)21(29)31-9-32-35/h1-10H,(H2,29,31,32)(H2,33,34,36). The summed E-state index contributed by atoms with van der Waals surface area (Å²) in [4.78, 5) is 20.2. The lowest BCUT2D eigenvalue weighted by Crippen LogP contribution is -2.21. The molecule has 2 aromatic carbocycles. The second-order valence-electron chi connectivity index (χ2n) is 7.69. The zero-order valence-corrected chi connectivity index (χ0v) is 18.3. The van der Waals surface area contributed by atoms with Crippen LogP contribution in [0.15, 0.2) is 65.9 Å². The van der Waals surface area contributed by atoms with Crippen molar-refractivity contribution < 1.29 is 31.2 Å². The fraction of sp³-hybridized carbons (Fsp3) is 0.0435. The van der Waals surface area contributed by atoms with Crippen LogP contribution >= 0.6 is 0 Å². The van der Waals surface area contributed by atoms with Gasteiger partial charge in [-0.3, -0.25) is 0 Å². The molecule has 9 nitrogen and oxygen atoms in total. The van der Waals surface area contributed by atoms with E-state index in [1.54, 1.807) is 6.20 Å². The SMILES string of the molecule is Nc1ncnn2cc(-c3cnco3)c(-c3ccc(NC(=O)Nc4cc(C(F)(F)F)ccc4F)c(F)c3)c12. The number of hydrogen-bond acceptors (Lipinski definition) is 6. The number of hydrogen-bond donors (Lipinski definition) is 3. The summed E-state index contributed by atoms with van der Waals surface area (Å²) in [5.74, 6) is -1.53. The van der Waals surface area contributed by atoms with Crippen molar-refractivity contribution in [2.75, 3.05) is 16.4 Å². The lowest BCUT2D eigenvalue weighted by atomic mass is 10.0. The molecule has 0 aliphatic carbocycles. The molecule has 0 fully saturated rings. The average Bonchev–Trinajstić information content (AvgIpc) is 3.50. The number of carbonyl (C=O) groups is 1. The quantitative estimate of drug-likeness (QED) is 0.269. The molecular formula is C23H14F5N7O2. The summed E-state index contributed by atoms with van der Waals surface area (Å²) in [6.07, 6.45) is 0.770. The number of alkyl halides is 3. The van der Waals surface area contributed by atoms with Crippen LogP contribution in [0.5, 0.6) is 0 Å². The van der Waals surface area contributed by atoms with Crippen molar-refractivity contribution in [2.24, 2.45) is 0 Å². The van der Waals surface area contributed by atoms with Gasteiger partial charge in [0.1, 0.15) is 23.5 Å². The van der Waals surface area contributed by atoms with Crippen molar-refractivity contribution in [1.82, 2.24) is 19.6 Å². The second-order valence-corrected chi connectivity index (χ2v) is 7.69. The highest BCUT2D eigenvalue weighted by molar-refractivity contribution is 6.01. The lowest BCUT2D eigenvalue weighted by Gasteiger charge is -2.13. The molecule has 37 heavy (non-hydrogen) atoms. The van der Waals surface area contributed by atoms with Gasteiger partial charge in [-0.2, -0.15) is 18.3 Å². The molecule has 3 aromatic heterocycles. The molecule has 188 valence electrons. The van der Waals surface area contributed by atoms with E-state index >= 15 is 4.39 Å². The monoisotopic (exact) mass is 515 g/mol. The minimum absolute atomic E-state index is 0.112. The van der Waals surface area contributed by atoms with Crippen LogP contribution in [0.3, 0.4) is 0 Å². The highest BCUT2D eigenvalue weighted by atomic mass is 19.4. The van der Waals surface area contributed by atoms with Crippen molar-refractivity contribution >= 4 is 28.7 Å². The van der Waals surface area contributed by atoms with Crippen molar-refractivity contribution in [1.29, 1.82) is 0 Å². The number of halogens is 5. The van der Waals surface area contributed by atoms with E-state index in [1.165, 1.54) is 35.6 Å². The Hall–Kier alpha value is -5.01. The van der Waals surface area contributed by atoms with E-state index in [1.807, 2.05) is 5.32 Å². The number of nitrogens with one attached hydrogen (secondary N) is 2. The summed E-state index contributed by atoms with van der Waals surface area (Å²) < 4.78 is 74.5. The van der Waals surface area contributed by atoms with E-state index in [9.17, 15) is 22.4 Å². The summed E-state index contributed by atoms with van der Waals surface area (Å²) in [7, 11) is 0. The number of urea groups is 1. The maximum absolute atomic E-state index is 15.0. The molecule has 4 N–H and O–H groups in total. The third kappa shape index (κ3) is 4.51. The summed E-state index contributed by atoms with van der Waals surface area (Å²) in [5.41, 5.74) is 5.44. The molecule has 0 atom stereocenters. The Kier molecular flexibility index (Phi) is 5.70. The second kappa shape index (κ2) is 8.89. The molecule has 0 saturated heterocycles. The Balaban J connectivity index is 1.46. The van der Waals surface area contributed by atoms with Gasteiger partial charge >= 0.3 is 12.2 Å². The summed E-state index contributed by atoms with van der Waals surface area (Å²) in [6.45, 7) is 0. The highest BCUT2D eigenvalue weighted by Gasteiger charge is 2.31. The fourth-order valence-electron chi connectivity index (χ4n) is 3.71. The van der Waals surface area contributed by atoms with E-state index in [2.05, 4.69) is 20.4 Å². The first-order chi connectivity index (χ1) is 17.6. The third-order valence-corrected chi connectivity index (χ3v) is 5.35. The lowest BCUT2D eigenvalue weighted by molar-refractivity contribution is -0.137. The van der Waals surface area contributed by atoms with E-state index in [0.29, 0.717) is 46.2 Å². The molecule has 3 heterocycles. The van der Waals surface area contributed by atoms with Crippen molar-refractivity contribution in [3.05, 3.63) is 78.7 Å². The molecular weight excluding hydrogens is 501 g/mol. The van der Waals surface area contributed by atoms with Crippen molar-refractivity contribution in [3.63, 3.8) is 0 Å². The molecule has 5 aromatic rings. The van der Waals surface area contributed by atoms with Gasteiger partial charge in [-0.1, -0.05) is 6.07 Å². The first-order valence-corrected chi connectivity index (χ1v) is 10.4. The normalized spacial score (nSPS) is 11.6. The van der Waals surface area contributed by atoms with Gasteiger partial charge in [0, 0.05) is 17.3 Å². The predicted molar refractivity (Wildman–Crippen MR) is 122 cm³/mol. The molecule has 0 unspecified atom stereocenters. The van der Waals surface area contributed by atoms with Gasteiger partial charge in [-0.15, -0.1) is 0 Å². The molecule has 14 heteroatoms.